The van der Waals surface area contributed by atoms with Crippen LogP contribution in [-0.2, 0) is 14.3 Å². The number of hydrogen-bond acceptors (Lipinski definition) is 3. The molecule has 2 rings (SSSR count). The molecule has 1 heterocycles. The molecule has 1 aliphatic carbocycles. The van der Waals surface area contributed by atoms with E-state index in [0.717, 1.165) is 19.3 Å². The first-order valence-electron chi connectivity index (χ1n) is 5.65. The second kappa shape index (κ2) is 4.05. The van der Waals surface area contributed by atoms with E-state index in [9.17, 15) is 9.59 Å². The van der Waals surface area contributed by atoms with E-state index in [1.807, 2.05) is 4.90 Å². The third-order valence-corrected chi connectivity index (χ3v) is 3.61. The van der Waals surface area contributed by atoms with Crippen LogP contribution < -0.4 is 0 Å². The van der Waals surface area contributed by atoms with E-state index in [1.54, 1.807) is 6.92 Å². The quantitative estimate of drug-likeness (QED) is 0.751. The third-order valence-electron chi connectivity index (χ3n) is 3.61. The highest BCUT2D eigenvalue weighted by Crippen LogP contribution is 2.41. The molecule has 0 bridgehead atoms. The number of carboxylic acid groups (broad SMARTS) is 1. The second-order valence-corrected chi connectivity index (χ2v) is 4.74. The Balaban J connectivity index is 2.03. The van der Waals surface area contributed by atoms with Crippen LogP contribution in [0.1, 0.15) is 32.6 Å². The minimum atomic E-state index is -0.877. The van der Waals surface area contributed by atoms with Gasteiger partial charge in [0.05, 0.1) is 24.7 Å². The number of morpholine rings is 1. The third kappa shape index (κ3) is 1.91. The standard InChI is InChI=1S/C11H17NO4/c1-8(13)12-6-9(5-10(14)15)16-7-11(12)3-2-4-11/h9H,2-7H2,1H3,(H,14,15). The molecule has 1 unspecified atom stereocenters. The average molecular weight is 227 g/mol. The molecule has 1 saturated carbocycles. The molecular formula is C11H17NO4. The summed E-state index contributed by atoms with van der Waals surface area (Å²) in [5.74, 6) is -0.851. The van der Waals surface area contributed by atoms with Crippen molar-refractivity contribution < 1.29 is 19.4 Å². The molecule has 1 saturated heterocycles. The summed E-state index contributed by atoms with van der Waals surface area (Å²) in [6, 6.07) is 0. The molecule has 16 heavy (non-hydrogen) atoms. The molecule has 1 N–H and O–H groups in total. The highest BCUT2D eigenvalue weighted by Gasteiger charge is 2.48. The monoisotopic (exact) mass is 227 g/mol. The number of nitrogens with zero attached hydrogens (tertiary/aromatic N) is 1. The van der Waals surface area contributed by atoms with Crippen LogP contribution in [0.2, 0.25) is 0 Å². The summed E-state index contributed by atoms with van der Waals surface area (Å²) >= 11 is 0. The smallest absolute Gasteiger partial charge is 0.306 e. The van der Waals surface area contributed by atoms with Crippen LogP contribution in [0.25, 0.3) is 0 Å². The SMILES string of the molecule is CC(=O)N1CC(CC(=O)O)OCC12CCC2. The number of amides is 1. The molecule has 1 amide bonds. The lowest BCUT2D eigenvalue weighted by molar-refractivity contribution is -0.173. The maximum Gasteiger partial charge on any atom is 0.306 e. The first-order valence-corrected chi connectivity index (χ1v) is 5.65. The molecule has 1 atom stereocenters. The first kappa shape index (κ1) is 11.4. The minimum Gasteiger partial charge on any atom is -0.481 e. The van der Waals surface area contributed by atoms with Crippen molar-refractivity contribution in [1.82, 2.24) is 4.90 Å². The van der Waals surface area contributed by atoms with Gasteiger partial charge in [0.15, 0.2) is 0 Å². The molecule has 0 radical (unpaired) electrons. The Kier molecular flexibility index (Phi) is 2.88. The van der Waals surface area contributed by atoms with E-state index in [-0.39, 0.29) is 24.0 Å². The van der Waals surface area contributed by atoms with Gasteiger partial charge in [-0.2, -0.15) is 0 Å². The number of aliphatic carboxylic acids is 1. The van der Waals surface area contributed by atoms with Crippen molar-refractivity contribution >= 4 is 11.9 Å². The summed E-state index contributed by atoms with van der Waals surface area (Å²) in [4.78, 5) is 24.0. The second-order valence-electron chi connectivity index (χ2n) is 4.74. The van der Waals surface area contributed by atoms with E-state index in [1.165, 1.54) is 0 Å². The van der Waals surface area contributed by atoms with Gasteiger partial charge in [-0.3, -0.25) is 9.59 Å². The van der Waals surface area contributed by atoms with E-state index < -0.39 is 5.97 Å². The maximum atomic E-state index is 11.6. The van der Waals surface area contributed by atoms with Gasteiger partial charge in [-0.1, -0.05) is 0 Å². The zero-order chi connectivity index (χ0) is 11.8. The lowest BCUT2D eigenvalue weighted by Gasteiger charge is -2.54. The Labute approximate surface area is 94.4 Å². The van der Waals surface area contributed by atoms with Gasteiger partial charge in [0.1, 0.15) is 0 Å². The molecule has 0 aromatic heterocycles. The van der Waals surface area contributed by atoms with Crippen molar-refractivity contribution in [3.05, 3.63) is 0 Å². The first-order chi connectivity index (χ1) is 7.53. The van der Waals surface area contributed by atoms with Gasteiger partial charge in [-0.15, -0.1) is 0 Å². The summed E-state index contributed by atoms with van der Waals surface area (Å²) in [7, 11) is 0. The van der Waals surface area contributed by atoms with Crippen LogP contribution in [0.3, 0.4) is 0 Å². The summed E-state index contributed by atoms with van der Waals surface area (Å²) in [5, 5.41) is 8.71. The highest BCUT2D eigenvalue weighted by atomic mass is 16.5. The molecule has 1 spiro atoms. The molecule has 2 fully saturated rings. The number of carbonyl (C=O) groups is 2. The van der Waals surface area contributed by atoms with Crippen LogP contribution in [0.4, 0.5) is 0 Å². The Morgan fingerprint density at radius 3 is 2.62 bits per heavy atom. The summed E-state index contributed by atoms with van der Waals surface area (Å²) in [6.07, 6.45) is 2.70. The fourth-order valence-electron chi connectivity index (χ4n) is 2.58. The van der Waals surface area contributed by atoms with Crippen molar-refractivity contribution in [2.24, 2.45) is 0 Å². The highest BCUT2D eigenvalue weighted by molar-refractivity contribution is 5.75. The largest absolute Gasteiger partial charge is 0.481 e. The number of carbonyl (C=O) groups excluding carboxylic acids is 1. The Bertz CT molecular complexity index is 311. The van der Waals surface area contributed by atoms with Gasteiger partial charge >= 0.3 is 5.97 Å². The maximum absolute atomic E-state index is 11.6. The van der Waals surface area contributed by atoms with Gasteiger partial charge < -0.3 is 14.7 Å². The topological polar surface area (TPSA) is 66.8 Å². The molecule has 1 aliphatic heterocycles. The summed E-state index contributed by atoms with van der Waals surface area (Å²) < 4.78 is 5.55. The van der Waals surface area contributed by atoms with Gasteiger partial charge in [0.2, 0.25) is 5.91 Å². The van der Waals surface area contributed by atoms with Gasteiger partial charge in [-0.05, 0) is 19.3 Å². The van der Waals surface area contributed by atoms with E-state index >= 15 is 0 Å². The van der Waals surface area contributed by atoms with Gasteiger partial charge in [0.25, 0.3) is 0 Å². The predicted octanol–water partition coefficient (Wildman–Crippen LogP) is 0.631. The fourth-order valence-corrected chi connectivity index (χ4v) is 2.58. The van der Waals surface area contributed by atoms with Crippen LogP contribution in [0.5, 0.6) is 0 Å². The van der Waals surface area contributed by atoms with Crippen LogP contribution in [0, 0.1) is 0 Å². The molecule has 90 valence electrons. The predicted molar refractivity (Wildman–Crippen MR) is 56.0 cm³/mol. The fraction of sp³-hybridized carbons (Fsp3) is 0.818. The van der Waals surface area contributed by atoms with Gasteiger partial charge in [0, 0.05) is 13.5 Å². The van der Waals surface area contributed by atoms with E-state index in [0.29, 0.717) is 13.2 Å². The molecule has 2 aliphatic rings. The van der Waals surface area contributed by atoms with Crippen LogP contribution >= 0.6 is 0 Å². The van der Waals surface area contributed by atoms with Crippen LogP contribution in [-0.4, -0.2) is 46.7 Å². The zero-order valence-electron chi connectivity index (χ0n) is 9.44. The normalized spacial score (nSPS) is 27.6. The molecular weight excluding hydrogens is 210 g/mol. The Morgan fingerprint density at radius 2 is 2.19 bits per heavy atom. The van der Waals surface area contributed by atoms with E-state index in [4.69, 9.17) is 9.84 Å². The van der Waals surface area contributed by atoms with Crippen molar-refractivity contribution in [3.63, 3.8) is 0 Å². The van der Waals surface area contributed by atoms with Crippen molar-refractivity contribution in [2.45, 2.75) is 44.2 Å². The number of ether oxygens (including phenoxy) is 1. The van der Waals surface area contributed by atoms with Gasteiger partial charge in [-0.25, -0.2) is 0 Å². The number of carboxylic acids is 1. The molecule has 5 nitrogen and oxygen atoms in total. The Hall–Kier alpha value is -1.10. The molecule has 0 aromatic rings. The van der Waals surface area contributed by atoms with Crippen LogP contribution in [0.15, 0.2) is 0 Å². The lowest BCUT2D eigenvalue weighted by Crippen LogP contribution is -2.64. The summed E-state index contributed by atoms with van der Waals surface area (Å²) in [5.41, 5.74) is -0.124. The average Bonchev–Trinajstić information content (AvgIpc) is 2.14. The van der Waals surface area contributed by atoms with Crippen molar-refractivity contribution in [1.29, 1.82) is 0 Å². The summed E-state index contributed by atoms with van der Waals surface area (Å²) in [6.45, 7) is 2.45. The number of rotatable bonds is 2. The van der Waals surface area contributed by atoms with Crippen molar-refractivity contribution in [2.75, 3.05) is 13.2 Å². The zero-order valence-corrected chi connectivity index (χ0v) is 9.44. The van der Waals surface area contributed by atoms with Crippen molar-refractivity contribution in [3.8, 4) is 0 Å². The molecule has 0 aromatic carbocycles. The molecule has 5 heteroatoms. The lowest BCUT2D eigenvalue weighted by atomic mass is 9.74. The number of hydrogen-bond donors (Lipinski definition) is 1. The minimum absolute atomic E-state index is 0.0263. The van der Waals surface area contributed by atoms with E-state index in [2.05, 4.69) is 0 Å². The Morgan fingerprint density at radius 1 is 1.50 bits per heavy atom.